The molecule has 8 nitrogen and oxygen atoms in total. The maximum Gasteiger partial charge on any atom is 0.340 e. The maximum absolute atomic E-state index is 12.8. The highest BCUT2D eigenvalue weighted by Gasteiger charge is 2.37. The van der Waals surface area contributed by atoms with Crippen LogP contribution in [-0.4, -0.2) is 48.6 Å². The fourth-order valence-corrected chi connectivity index (χ4v) is 2.71. The lowest BCUT2D eigenvalue weighted by Gasteiger charge is -2.16. The first-order valence-electron chi connectivity index (χ1n) is 8.06. The summed E-state index contributed by atoms with van der Waals surface area (Å²) in [5, 5.41) is 11.2. The molecule has 1 heterocycles. The van der Waals surface area contributed by atoms with E-state index in [1.54, 1.807) is 19.9 Å². The second kappa shape index (κ2) is 8.39. The van der Waals surface area contributed by atoms with E-state index in [0.717, 1.165) is 0 Å². The number of methoxy groups -OCH3 is 1. The average molecular weight is 360 g/mol. The van der Waals surface area contributed by atoms with E-state index in [2.05, 4.69) is 0 Å². The van der Waals surface area contributed by atoms with E-state index >= 15 is 0 Å². The fraction of sp³-hybridized carbons (Fsp3) is 0.333. The number of nitrogens with zero attached hydrogens (tertiary/aromatic N) is 2. The number of carbonyl (C=O) groups excluding carboxylic acids is 2. The molecule has 0 spiro atoms. The van der Waals surface area contributed by atoms with Gasteiger partial charge >= 0.3 is 5.97 Å². The summed E-state index contributed by atoms with van der Waals surface area (Å²) in [7, 11) is 1.51. The predicted molar refractivity (Wildman–Crippen MR) is 94.0 cm³/mol. The number of allylic oxidation sites excluding steroid dienone is 1. The Kier molecular flexibility index (Phi) is 6.24. The number of amides is 1. The maximum atomic E-state index is 12.8. The minimum Gasteiger partial charge on any atom is -0.462 e. The van der Waals surface area contributed by atoms with Gasteiger partial charge in [0.1, 0.15) is 0 Å². The Hall–Kier alpha value is -3.00. The van der Waals surface area contributed by atoms with Crippen molar-refractivity contribution in [1.29, 1.82) is 0 Å². The second-order valence-electron chi connectivity index (χ2n) is 5.50. The molecule has 0 saturated heterocycles. The molecule has 2 rings (SSSR count). The van der Waals surface area contributed by atoms with E-state index in [1.165, 1.54) is 36.3 Å². The second-order valence-corrected chi connectivity index (χ2v) is 5.50. The molecule has 1 amide bonds. The Morgan fingerprint density at radius 1 is 1.35 bits per heavy atom. The number of carbonyl (C=O) groups is 2. The van der Waals surface area contributed by atoms with Gasteiger partial charge in [-0.2, -0.15) is 0 Å². The molecule has 1 aromatic carbocycles. The molecule has 0 saturated carbocycles. The Morgan fingerprint density at radius 2 is 2.04 bits per heavy atom. The van der Waals surface area contributed by atoms with Gasteiger partial charge in [0.2, 0.25) is 0 Å². The molecule has 8 heteroatoms. The lowest BCUT2D eigenvalue weighted by molar-refractivity contribution is -0.385. The van der Waals surface area contributed by atoms with Crippen molar-refractivity contribution in [3.8, 4) is 0 Å². The van der Waals surface area contributed by atoms with Crippen molar-refractivity contribution in [2.24, 2.45) is 0 Å². The molecule has 1 aromatic rings. The molecule has 138 valence electrons. The van der Waals surface area contributed by atoms with Crippen molar-refractivity contribution in [2.45, 2.75) is 13.8 Å². The van der Waals surface area contributed by atoms with Crippen LogP contribution in [0.3, 0.4) is 0 Å². The molecule has 0 aromatic heterocycles. The third-order valence-corrected chi connectivity index (χ3v) is 3.94. The number of hydrogen-bond acceptors (Lipinski definition) is 6. The molecular weight excluding hydrogens is 340 g/mol. The summed E-state index contributed by atoms with van der Waals surface area (Å²) in [4.78, 5) is 37.3. The molecule has 1 aliphatic heterocycles. The van der Waals surface area contributed by atoms with Gasteiger partial charge in [0.15, 0.2) is 0 Å². The first-order valence-corrected chi connectivity index (χ1v) is 8.06. The van der Waals surface area contributed by atoms with Gasteiger partial charge in [0.25, 0.3) is 11.6 Å². The molecule has 0 atom stereocenters. The minimum absolute atomic E-state index is 0.0753. The van der Waals surface area contributed by atoms with Crippen LogP contribution in [0.2, 0.25) is 0 Å². The van der Waals surface area contributed by atoms with Gasteiger partial charge in [-0.15, -0.1) is 0 Å². The SMILES string of the molecule is CCOC(=O)C1=C(C)N(CCOC)C(=O)C1=Cc1ccccc1[N+](=O)[O-]. The van der Waals surface area contributed by atoms with Gasteiger partial charge < -0.3 is 14.4 Å². The van der Waals surface area contributed by atoms with Crippen molar-refractivity contribution in [1.82, 2.24) is 4.90 Å². The van der Waals surface area contributed by atoms with Crippen LogP contribution in [0.1, 0.15) is 19.4 Å². The van der Waals surface area contributed by atoms with Crippen molar-refractivity contribution in [3.63, 3.8) is 0 Å². The number of hydrogen-bond donors (Lipinski definition) is 0. The van der Waals surface area contributed by atoms with Gasteiger partial charge in [-0.3, -0.25) is 14.9 Å². The van der Waals surface area contributed by atoms with Crippen LogP contribution in [-0.2, 0) is 19.1 Å². The summed E-state index contributed by atoms with van der Waals surface area (Å²) in [6.07, 6.45) is 1.36. The number of ether oxygens (including phenoxy) is 2. The number of nitro groups is 1. The zero-order valence-electron chi connectivity index (χ0n) is 14.9. The molecule has 0 unspecified atom stereocenters. The lowest BCUT2D eigenvalue weighted by Crippen LogP contribution is -2.28. The molecular formula is C18H20N2O6. The van der Waals surface area contributed by atoms with E-state index in [1.807, 2.05) is 0 Å². The Labute approximate surface area is 150 Å². The van der Waals surface area contributed by atoms with Gasteiger partial charge in [-0.1, -0.05) is 12.1 Å². The summed E-state index contributed by atoms with van der Waals surface area (Å²) >= 11 is 0. The van der Waals surface area contributed by atoms with Crippen molar-refractivity contribution in [2.75, 3.05) is 26.9 Å². The monoisotopic (exact) mass is 360 g/mol. The minimum atomic E-state index is -0.636. The largest absolute Gasteiger partial charge is 0.462 e. The highest BCUT2D eigenvalue weighted by atomic mass is 16.6. The average Bonchev–Trinajstić information content (AvgIpc) is 2.84. The zero-order valence-corrected chi connectivity index (χ0v) is 14.9. The number of nitro benzene ring substituents is 1. The van der Waals surface area contributed by atoms with Crippen LogP contribution in [0.4, 0.5) is 5.69 Å². The number of esters is 1. The normalized spacial score (nSPS) is 15.7. The molecule has 0 fully saturated rings. The summed E-state index contributed by atoms with van der Waals surface area (Å²) in [5.74, 6) is -1.05. The predicted octanol–water partition coefficient (Wildman–Crippen LogP) is 2.30. The third kappa shape index (κ3) is 3.80. The van der Waals surface area contributed by atoms with E-state index < -0.39 is 16.8 Å². The topological polar surface area (TPSA) is 99.0 Å². The molecule has 1 aliphatic rings. The molecule has 0 radical (unpaired) electrons. The fourth-order valence-electron chi connectivity index (χ4n) is 2.71. The van der Waals surface area contributed by atoms with Crippen molar-refractivity contribution >= 4 is 23.6 Å². The van der Waals surface area contributed by atoms with E-state index in [4.69, 9.17) is 9.47 Å². The number of benzene rings is 1. The van der Waals surface area contributed by atoms with Crippen LogP contribution in [0.15, 0.2) is 41.1 Å². The molecule has 0 aliphatic carbocycles. The van der Waals surface area contributed by atoms with Gasteiger partial charge in [-0.05, 0) is 26.0 Å². The zero-order chi connectivity index (χ0) is 19.3. The van der Waals surface area contributed by atoms with Crippen molar-refractivity contribution in [3.05, 3.63) is 56.8 Å². The van der Waals surface area contributed by atoms with Gasteiger partial charge in [-0.25, -0.2) is 4.79 Å². The van der Waals surface area contributed by atoms with Crippen LogP contribution < -0.4 is 0 Å². The van der Waals surface area contributed by atoms with Crippen LogP contribution in [0, 0.1) is 10.1 Å². The van der Waals surface area contributed by atoms with Gasteiger partial charge in [0, 0.05) is 25.4 Å². The Bertz CT molecular complexity index is 797. The smallest absolute Gasteiger partial charge is 0.340 e. The van der Waals surface area contributed by atoms with Crippen molar-refractivity contribution < 1.29 is 24.0 Å². The van der Waals surface area contributed by atoms with E-state index in [0.29, 0.717) is 5.70 Å². The first kappa shape index (κ1) is 19.3. The van der Waals surface area contributed by atoms with Crippen LogP contribution >= 0.6 is 0 Å². The van der Waals surface area contributed by atoms with Gasteiger partial charge in [0.05, 0.1) is 34.8 Å². The molecule has 0 N–H and O–H groups in total. The van der Waals surface area contributed by atoms with E-state index in [9.17, 15) is 19.7 Å². The standard InChI is InChI=1S/C18H20N2O6/c1-4-26-18(22)16-12(2)19(9-10-25-3)17(21)14(16)11-13-7-5-6-8-15(13)20(23)24/h5-8,11H,4,9-10H2,1-3H3. The summed E-state index contributed by atoms with van der Waals surface area (Å²) < 4.78 is 10.1. The molecule has 0 bridgehead atoms. The highest BCUT2D eigenvalue weighted by molar-refractivity contribution is 6.16. The quantitative estimate of drug-likeness (QED) is 0.320. The number of para-hydroxylation sites is 1. The Balaban J connectivity index is 2.56. The van der Waals surface area contributed by atoms with Crippen LogP contribution in [0.5, 0.6) is 0 Å². The Morgan fingerprint density at radius 3 is 2.65 bits per heavy atom. The summed E-state index contributed by atoms with van der Waals surface area (Å²) in [5.41, 5.74) is 0.723. The lowest BCUT2D eigenvalue weighted by atomic mass is 10.0. The number of rotatable bonds is 7. The van der Waals surface area contributed by atoms with E-state index in [-0.39, 0.29) is 42.2 Å². The summed E-state index contributed by atoms with van der Waals surface area (Å²) in [6, 6.07) is 6.03. The highest BCUT2D eigenvalue weighted by Crippen LogP contribution is 2.33. The summed E-state index contributed by atoms with van der Waals surface area (Å²) in [6.45, 7) is 4.01. The van der Waals surface area contributed by atoms with Crippen LogP contribution in [0.25, 0.3) is 6.08 Å². The first-order chi connectivity index (χ1) is 12.4. The molecule has 26 heavy (non-hydrogen) atoms. The third-order valence-electron chi connectivity index (χ3n) is 3.94.